The van der Waals surface area contributed by atoms with Crippen molar-refractivity contribution in [3.63, 3.8) is 0 Å². The van der Waals surface area contributed by atoms with E-state index in [4.69, 9.17) is 54.5 Å². The summed E-state index contributed by atoms with van der Waals surface area (Å²) in [6.07, 6.45) is 37.6. The summed E-state index contributed by atoms with van der Waals surface area (Å²) in [6.45, 7) is 0. The lowest BCUT2D eigenvalue weighted by molar-refractivity contribution is -1.05. The first-order valence-electron chi connectivity index (χ1n) is 29.1. The third kappa shape index (κ3) is 12.0. The standard InChI is InChI=1S/C16H24O3.C11H17NO4.C11H17NO.C10H14O2.C6H10O.CH3NO2.CH4.H2O3/c1-2-4-15(5-3-1)17-16(19-18-15)13-7-11-6-12(9-13)10-14(16)8-11;1-13-12-11(14-16-15-12)9-3-7-2-8(5-9)6-10(11)4-7;1-13-12-11-9-3-7-2-8(5-9)6-10(11)4-7;11-12-10-8-2-6-1-7(4-8)5-9(10)3-6;7-6-4-2-1-3-5-6;1-4-2-3;;1-3-2/h11-14H,1-10H2;7-10H,2-6H2,1H3;7-10H,2-6H2,1H3;6-9H,1-5H2;1-5H2;1H3;1H4;1-2H. The molecule has 16 bridgehead atoms. The Balaban J connectivity index is 0.000000114. The molecule has 2 N–H and O–H groups in total. The van der Waals surface area contributed by atoms with Gasteiger partial charge >= 0.3 is 5.78 Å². The van der Waals surface area contributed by atoms with Gasteiger partial charge in [0.05, 0.1) is 24.7 Å². The first-order chi connectivity index (χ1) is 36.1. The summed E-state index contributed by atoms with van der Waals surface area (Å²) in [5, 5.41) is 38.4. The third-order valence-corrected chi connectivity index (χ3v) is 21.3. The maximum atomic E-state index is 10.5. The van der Waals surface area contributed by atoms with Crippen LogP contribution < -0.4 is 5.26 Å². The SMILES string of the molecule is C.C1CCC2(CC1)OOC1(O2)C2CC3CC(C2)CC1C3.CON1OOOC12C1CC3CC(C1)CC2C3.CON=C1C2CC3CC(C2)CC1C3.CON=O.O=C1CCCCC1.OOO.[O-][O+]=C1C2CC3CC(C2)CC1C3. The second-order valence-corrected chi connectivity index (χ2v) is 25.7. The van der Waals surface area contributed by atoms with Gasteiger partial charge in [0, 0.05) is 66.4 Å². The number of hydrogen-bond donors (Lipinski definition) is 2. The van der Waals surface area contributed by atoms with E-state index in [1.165, 1.54) is 172 Å². The van der Waals surface area contributed by atoms with Gasteiger partial charge in [-0.05, 0) is 206 Å². The highest BCUT2D eigenvalue weighted by Gasteiger charge is 2.68. The van der Waals surface area contributed by atoms with Crippen molar-refractivity contribution >= 4 is 17.3 Å². The molecule has 426 valence electrons. The molecule has 0 aromatic rings. The predicted molar refractivity (Wildman–Crippen MR) is 268 cm³/mol. The third-order valence-electron chi connectivity index (χ3n) is 21.3. The van der Waals surface area contributed by atoms with Crippen molar-refractivity contribution in [3.05, 3.63) is 4.91 Å². The van der Waals surface area contributed by atoms with Gasteiger partial charge in [-0.25, -0.2) is 10.5 Å². The minimum atomic E-state index is -0.470. The summed E-state index contributed by atoms with van der Waals surface area (Å²) < 4.78 is 10.9. The van der Waals surface area contributed by atoms with Gasteiger partial charge in [0.15, 0.2) is 5.34 Å². The van der Waals surface area contributed by atoms with Gasteiger partial charge < -0.3 is 19.7 Å². The highest BCUT2D eigenvalue weighted by molar-refractivity contribution is 5.90. The monoisotopic (exact) mass is 1060 g/mol. The highest BCUT2D eigenvalue weighted by atomic mass is 17.6. The van der Waals surface area contributed by atoms with Crippen molar-refractivity contribution in [1.29, 1.82) is 0 Å². The summed E-state index contributed by atoms with van der Waals surface area (Å²) in [5.74, 6) is 13.0. The smallest absolute Gasteiger partial charge is 0.335 e. The number of nitrogens with zero attached hydrogens (tertiary/aromatic N) is 3. The van der Waals surface area contributed by atoms with Crippen LogP contribution in [0, 0.1) is 99.6 Å². The van der Waals surface area contributed by atoms with E-state index < -0.39 is 5.72 Å². The van der Waals surface area contributed by atoms with Crippen molar-refractivity contribution in [3.8, 4) is 0 Å². The molecule has 0 radical (unpaired) electrons. The minimum Gasteiger partial charge on any atom is -0.463 e. The van der Waals surface area contributed by atoms with Crippen LogP contribution in [0.3, 0.4) is 0 Å². The van der Waals surface area contributed by atoms with Crippen LogP contribution in [0.15, 0.2) is 10.5 Å². The zero-order chi connectivity index (χ0) is 51.5. The molecule has 20 fully saturated rings. The number of Topliss-reactive ketones (excluding diaryl/α,β-unsaturated/α-hetero) is 1. The number of hydroxylamine groups is 2. The molecule has 75 heavy (non-hydrogen) atoms. The van der Waals surface area contributed by atoms with Crippen LogP contribution in [0.25, 0.3) is 0 Å². The number of carbonyl (C=O) groups excluding carboxylic acids is 2. The first kappa shape index (κ1) is 57.3. The van der Waals surface area contributed by atoms with Crippen LogP contribution in [-0.2, 0) is 58.3 Å². The van der Waals surface area contributed by atoms with Gasteiger partial charge in [-0.3, -0.25) is 9.63 Å². The van der Waals surface area contributed by atoms with Crippen LogP contribution in [0.5, 0.6) is 0 Å². The number of hydrogen-bond acceptors (Lipinski definition) is 18. The fourth-order valence-electron chi connectivity index (χ4n) is 19.2. The van der Waals surface area contributed by atoms with E-state index in [9.17, 15) is 10.1 Å². The molecule has 19 heteroatoms. The molecule has 20 rings (SSSR count). The average Bonchev–Trinajstić information content (AvgIpc) is 4.00. The molecule has 0 aromatic carbocycles. The van der Waals surface area contributed by atoms with Crippen LogP contribution in [0.1, 0.15) is 200 Å². The van der Waals surface area contributed by atoms with Crippen molar-refractivity contribution in [2.45, 2.75) is 217 Å². The normalized spacial score (nSPS) is 44.3. The molecule has 0 unspecified atom stereocenters. The fraction of sp³-hybridized carbons (Fsp3) is 0.946. The lowest BCUT2D eigenvalue weighted by Gasteiger charge is -2.57. The van der Waals surface area contributed by atoms with Gasteiger partial charge in [-0.1, -0.05) is 35.5 Å². The maximum absolute atomic E-state index is 10.5. The first-order valence-corrected chi connectivity index (χ1v) is 29.1. The predicted octanol–water partition coefficient (Wildman–Crippen LogP) is 11.3. The number of carbonyl (C=O) groups is 1. The molecule has 18 aliphatic carbocycles. The van der Waals surface area contributed by atoms with Crippen LogP contribution in [-0.4, -0.2) is 71.6 Å². The number of ketones is 2. The topological polar surface area (TPSA) is 229 Å². The molecule has 2 aliphatic heterocycles. The van der Waals surface area contributed by atoms with E-state index in [2.05, 4.69) is 19.6 Å². The molecular formula is C56H91N3O16. The number of rotatable bonds is 3. The van der Waals surface area contributed by atoms with Gasteiger partial charge in [-0.2, -0.15) is 19.2 Å². The summed E-state index contributed by atoms with van der Waals surface area (Å²) in [4.78, 5) is 55.3. The molecule has 0 amide bonds. The fourth-order valence-corrected chi connectivity index (χ4v) is 19.2. The zero-order valence-corrected chi connectivity index (χ0v) is 44.4. The van der Waals surface area contributed by atoms with E-state index in [1.807, 2.05) is 5.34 Å². The quantitative estimate of drug-likeness (QED) is 0.116. The largest absolute Gasteiger partial charge is 0.463 e. The molecule has 3 spiro atoms. The van der Waals surface area contributed by atoms with Gasteiger partial charge in [-0.15, -0.1) is 4.91 Å². The van der Waals surface area contributed by atoms with Crippen molar-refractivity contribution < 1.29 is 74.1 Å². The van der Waals surface area contributed by atoms with Crippen molar-refractivity contribution in [1.82, 2.24) is 5.23 Å². The minimum absolute atomic E-state index is 0. The van der Waals surface area contributed by atoms with Crippen LogP contribution in [0.2, 0.25) is 0 Å². The molecule has 19 nitrogen and oxygen atoms in total. The Labute approximate surface area is 444 Å². The molecule has 2 saturated heterocycles. The average molecular weight is 1060 g/mol. The highest BCUT2D eigenvalue weighted by Crippen LogP contribution is 2.65. The van der Waals surface area contributed by atoms with E-state index >= 15 is 0 Å². The Morgan fingerprint density at radius 1 is 0.573 bits per heavy atom. The molecule has 0 atom stereocenters. The Hall–Kier alpha value is -2.43. The van der Waals surface area contributed by atoms with Gasteiger partial charge in [0.25, 0.3) is 0 Å². The number of oxime groups is 1. The summed E-state index contributed by atoms with van der Waals surface area (Å²) in [6, 6.07) is 0. The van der Waals surface area contributed by atoms with Crippen molar-refractivity contribution in [2.75, 3.05) is 21.3 Å². The zero-order valence-electron chi connectivity index (χ0n) is 44.4. The van der Waals surface area contributed by atoms with Gasteiger partial charge in [0.2, 0.25) is 17.3 Å². The summed E-state index contributed by atoms with van der Waals surface area (Å²) in [7, 11) is 4.48. The second-order valence-electron chi connectivity index (χ2n) is 25.7. The second kappa shape index (κ2) is 25.4. The van der Waals surface area contributed by atoms with E-state index in [0.717, 1.165) is 103 Å². The molecular weight excluding hydrogens is 971 g/mol. The maximum Gasteiger partial charge on any atom is 0.335 e. The van der Waals surface area contributed by atoms with Crippen LogP contribution in [0.4, 0.5) is 0 Å². The Morgan fingerprint density at radius 2 is 0.987 bits per heavy atom. The summed E-state index contributed by atoms with van der Waals surface area (Å²) >= 11 is 0. The Kier molecular flexibility index (Phi) is 19.4. The Bertz CT molecular complexity index is 1800. The number of ether oxygens (including phenoxy) is 1. The van der Waals surface area contributed by atoms with E-state index in [-0.39, 0.29) is 19.0 Å². The van der Waals surface area contributed by atoms with Gasteiger partial charge in [0.1, 0.15) is 20.0 Å². The lowest BCUT2D eigenvalue weighted by Crippen LogP contribution is -2.63. The summed E-state index contributed by atoms with van der Waals surface area (Å²) in [5.41, 5.74) is 0.928. The van der Waals surface area contributed by atoms with Crippen molar-refractivity contribution in [2.24, 2.45) is 105 Å². The van der Waals surface area contributed by atoms with E-state index in [0.29, 0.717) is 41.3 Å². The van der Waals surface area contributed by atoms with Crippen LogP contribution >= 0.6 is 0 Å². The molecule has 2 heterocycles. The van der Waals surface area contributed by atoms with E-state index in [1.54, 1.807) is 14.2 Å². The molecule has 0 aromatic heterocycles. The molecule has 18 saturated carbocycles. The molecule has 20 aliphatic rings. The Morgan fingerprint density at radius 3 is 1.37 bits per heavy atom. The lowest BCUT2D eigenvalue weighted by atomic mass is 9.52.